The summed E-state index contributed by atoms with van der Waals surface area (Å²) < 4.78 is 5.40. The van der Waals surface area contributed by atoms with Gasteiger partial charge in [0.1, 0.15) is 16.4 Å². The summed E-state index contributed by atoms with van der Waals surface area (Å²) in [4.78, 5) is 37.4. The van der Waals surface area contributed by atoms with E-state index in [0.717, 1.165) is 29.5 Å². The quantitative estimate of drug-likeness (QED) is 0.370. The molecule has 0 aliphatic heterocycles. The number of amides is 2. The Morgan fingerprint density at radius 1 is 1.30 bits per heavy atom. The Hall–Kier alpha value is -2.85. The number of hydrogen-bond donors (Lipinski definition) is 2. The summed E-state index contributed by atoms with van der Waals surface area (Å²) in [5.41, 5.74) is 13.5. The molecule has 0 bridgehead atoms. The third kappa shape index (κ3) is 5.06. The Kier molecular flexibility index (Phi) is 7.04. The van der Waals surface area contributed by atoms with E-state index in [1.807, 2.05) is 12.1 Å². The first-order valence-corrected chi connectivity index (χ1v) is 12.6. The van der Waals surface area contributed by atoms with Crippen molar-refractivity contribution in [1.82, 2.24) is 9.97 Å². The molecule has 2 heterocycles. The summed E-state index contributed by atoms with van der Waals surface area (Å²) in [6.45, 7) is 2.42. The molecule has 2 aromatic heterocycles. The molecule has 4 rings (SSSR count). The van der Waals surface area contributed by atoms with Crippen molar-refractivity contribution >= 4 is 56.6 Å². The van der Waals surface area contributed by atoms with Crippen molar-refractivity contribution in [3.05, 3.63) is 34.7 Å². The van der Waals surface area contributed by atoms with E-state index in [-0.39, 0.29) is 24.6 Å². The highest BCUT2D eigenvalue weighted by atomic mass is 32.2. The van der Waals surface area contributed by atoms with Crippen LogP contribution in [-0.2, 0) is 22.4 Å². The number of rotatable bonds is 8. The van der Waals surface area contributed by atoms with E-state index in [0.29, 0.717) is 28.3 Å². The fourth-order valence-electron chi connectivity index (χ4n) is 4.07. The van der Waals surface area contributed by atoms with Crippen molar-refractivity contribution < 1.29 is 14.3 Å². The van der Waals surface area contributed by atoms with Gasteiger partial charge in [-0.15, -0.1) is 11.3 Å². The number of benzene rings is 1. The van der Waals surface area contributed by atoms with Gasteiger partial charge in [-0.3, -0.25) is 9.59 Å². The third-order valence-corrected chi connectivity index (χ3v) is 7.73. The van der Waals surface area contributed by atoms with Gasteiger partial charge >= 0.3 is 0 Å². The molecular formula is C23H27N5O3S2. The fourth-order valence-corrected chi connectivity index (χ4v) is 6.25. The molecule has 0 radical (unpaired) electrons. The number of ether oxygens (including phenoxy) is 1. The second kappa shape index (κ2) is 9.96. The maximum absolute atomic E-state index is 13.2. The number of carbonyl (C=O) groups excluding carboxylic acids is 2. The van der Waals surface area contributed by atoms with Gasteiger partial charge in [-0.2, -0.15) is 0 Å². The number of nitrogens with two attached hydrogens (primary N) is 2. The minimum absolute atomic E-state index is 0.0447. The summed E-state index contributed by atoms with van der Waals surface area (Å²) in [7, 11) is 1.54. The molecule has 1 aliphatic rings. The molecule has 1 atom stereocenters. The number of nitrogens with zero attached hydrogens (tertiary/aromatic N) is 3. The van der Waals surface area contributed by atoms with Gasteiger partial charge in [0.05, 0.1) is 23.9 Å². The van der Waals surface area contributed by atoms with E-state index in [1.54, 1.807) is 23.5 Å². The third-order valence-electron chi connectivity index (χ3n) is 5.75. The standard InChI is InChI=1S/C23H27N5O3S2/c1-13-7-8-14-17(11-13)33-22-20(14)21(25)26-23(27-22)32-12-19(30)28(10-9-18(24)29)15-5-3-4-6-16(15)31-2/h3-6,13H,7-12H2,1-2H3,(H2,24,29)(H2,25,26,27). The van der Waals surface area contributed by atoms with Crippen LogP contribution in [-0.4, -0.2) is 41.2 Å². The zero-order valence-corrected chi connectivity index (χ0v) is 20.3. The van der Waals surface area contributed by atoms with Crippen LogP contribution in [0.3, 0.4) is 0 Å². The van der Waals surface area contributed by atoms with Crippen molar-refractivity contribution in [2.24, 2.45) is 11.7 Å². The van der Waals surface area contributed by atoms with Gasteiger partial charge in [0.15, 0.2) is 5.16 Å². The van der Waals surface area contributed by atoms with Crippen molar-refractivity contribution in [2.45, 2.75) is 37.8 Å². The zero-order valence-electron chi connectivity index (χ0n) is 18.7. The highest BCUT2D eigenvalue weighted by Crippen LogP contribution is 2.40. The van der Waals surface area contributed by atoms with Gasteiger partial charge in [0, 0.05) is 17.8 Å². The predicted molar refractivity (Wildman–Crippen MR) is 133 cm³/mol. The lowest BCUT2D eigenvalue weighted by atomic mass is 9.89. The molecule has 1 unspecified atom stereocenters. The molecule has 10 heteroatoms. The molecule has 33 heavy (non-hydrogen) atoms. The monoisotopic (exact) mass is 485 g/mol. The van der Waals surface area contributed by atoms with Crippen molar-refractivity contribution in [2.75, 3.05) is 30.0 Å². The Morgan fingerprint density at radius 3 is 2.85 bits per heavy atom. The lowest BCUT2D eigenvalue weighted by molar-refractivity contribution is -0.118. The molecule has 0 fully saturated rings. The molecule has 4 N–H and O–H groups in total. The van der Waals surface area contributed by atoms with Gasteiger partial charge in [0.25, 0.3) is 0 Å². The van der Waals surface area contributed by atoms with Gasteiger partial charge < -0.3 is 21.1 Å². The van der Waals surface area contributed by atoms with E-state index in [4.69, 9.17) is 21.2 Å². The molecule has 1 aliphatic carbocycles. The van der Waals surface area contributed by atoms with E-state index >= 15 is 0 Å². The number of thiophene rings is 1. The van der Waals surface area contributed by atoms with Gasteiger partial charge in [-0.05, 0) is 42.9 Å². The molecule has 2 amide bonds. The van der Waals surface area contributed by atoms with Crippen LogP contribution in [0.25, 0.3) is 10.2 Å². The number of aryl methyl sites for hydroxylation is 1. The van der Waals surface area contributed by atoms with Crippen LogP contribution < -0.4 is 21.1 Å². The number of hydrogen-bond acceptors (Lipinski definition) is 8. The zero-order chi connectivity index (χ0) is 23.5. The Balaban J connectivity index is 1.55. The van der Waals surface area contributed by atoms with Crippen molar-refractivity contribution in [3.8, 4) is 5.75 Å². The van der Waals surface area contributed by atoms with Crippen LogP contribution in [0.2, 0.25) is 0 Å². The number of anilines is 2. The smallest absolute Gasteiger partial charge is 0.237 e. The number of nitrogen functional groups attached to an aromatic ring is 1. The topological polar surface area (TPSA) is 124 Å². The fraction of sp³-hybridized carbons (Fsp3) is 0.391. The van der Waals surface area contributed by atoms with Crippen LogP contribution in [0.15, 0.2) is 29.4 Å². The van der Waals surface area contributed by atoms with Gasteiger partial charge in [0.2, 0.25) is 11.8 Å². The predicted octanol–water partition coefficient (Wildman–Crippen LogP) is 3.41. The molecule has 0 spiro atoms. The van der Waals surface area contributed by atoms with Crippen LogP contribution in [0.4, 0.5) is 11.5 Å². The number of thioether (sulfide) groups is 1. The summed E-state index contributed by atoms with van der Waals surface area (Å²) in [5.74, 6) is 1.08. The van der Waals surface area contributed by atoms with E-state index in [2.05, 4.69) is 11.9 Å². The van der Waals surface area contributed by atoms with Crippen molar-refractivity contribution in [3.63, 3.8) is 0 Å². The first-order valence-electron chi connectivity index (χ1n) is 10.8. The Labute approximate surface area is 200 Å². The molecule has 3 aromatic rings. The number of primary amides is 1. The Morgan fingerprint density at radius 2 is 2.09 bits per heavy atom. The largest absolute Gasteiger partial charge is 0.495 e. The molecule has 1 aromatic carbocycles. The van der Waals surface area contributed by atoms with Crippen LogP contribution >= 0.6 is 23.1 Å². The molecule has 0 saturated carbocycles. The summed E-state index contributed by atoms with van der Waals surface area (Å²) in [6, 6.07) is 7.18. The first-order chi connectivity index (χ1) is 15.9. The minimum atomic E-state index is -0.479. The van der Waals surface area contributed by atoms with E-state index in [1.165, 1.54) is 34.2 Å². The summed E-state index contributed by atoms with van der Waals surface area (Å²) in [5, 5.41) is 1.43. The van der Waals surface area contributed by atoms with Crippen LogP contribution in [0.5, 0.6) is 5.75 Å². The average Bonchev–Trinajstić information content (AvgIpc) is 3.15. The molecule has 8 nitrogen and oxygen atoms in total. The van der Waals surface area contributed by atoms with Crippen molar-refractivity contribution in [1.29, 1.82) is 0 Å². The molecule has 0 saturated heterocycles. The maximum atomic E-state index is 13.2. The number of carbonyl (C=O) groups is 2. The number of aromatic nitrogens is 2. The lowest BCUT2D eigenvalue weighted by Gasteiger charge is -2.24. The highest BCUT2D eigenvalue weighted by Gasteiger charge is 2.24. The van der Waals surface area contributed by atoms with Gasteiger partial charge in [-0.1, -0.05) is 30.8 Å². The average molecular weight is 486 g/mol. The second-order valence-corrected chi connectivity index (χ2v) is 10.2. The molecule has 174 valence electrons. The molecular weight excluding hydrogens is 458 g/mol. The SMILES string of the molecule is COc1ccccc1N(CCC(N)=O)C(=O)CSc1nc(N)c2c3c(sc2n1)CC(C)CC3. The first kappa shape index (κ1) is 23.3. The maximum Gasteiger partial charge on any atom is 0.237 e. The normalized spacial score (nSPS) is 15.3. The van der Waals surface area contributed by atoms with Crippen LogP contribution in [0.1, 0.15) is 30.2 Å². The number of methoxy groups -OCH3 is 1. The highest BCUT2D eigenvalue weighted by molar-refractivity contribution is 7.99. The summed E-state index contributed by atoms with van der Waals surface area (Å²) >= 11 is 2.91. The minimum Gasteiger partial charge on any atom is -0.495 e. The van der Waals surface area contributed by atoms with E-state index < -0.39 is 5.91 Å². The Bertz CT molecular complexity index is 1200. The number of para-hydroxylation sites is 2. The van der Waals surface area contributed by atoms with Gasteiger partial charge in [-0.25, -0.2) is 9.97 Å². The van der Waals surface area contributed by atoms with Crippen LogP contribution in [0, 0.1) is 5.92 Å². The van der Waals surface area contributed by atoms with E-state index in [9.17, 15) is 9.59 Å². The summed E-state index contributed by atoms with van der Waals surface area (Å²) in [6.07, 6.45) is 3.24. The number of fused-ring (bicyclic) bond motifs is 3. The second-order valence-electron chi connectivity index (χ2n) is 8.15. The lowest BCUT2D eigenvalue weighted by Crippen LogP contribution is -2.35.